The molecule has 0 atom stereocenters. The molecule has 0 radical (unpaired) electrons. The van der Waals surface area contributed by atoms with E-state index in [1.54, 1.807) is 19.9 Å². The first-order chi connectivity index (χ1) is 8.43. The van der Waals surface area contributed by atoms with E-state index in [2.05, 4.69) is 5.32 Å². The Morgan fingerprint density at radius 1 is 1.67 bits per heavy atom. The zero-order chi connectivity index (χ0) is 13.7. The largest absolute Gasteiger partial charge is 0.349 e. The summed E-state index contributed by atoms with van der Waals surface area (Å²) in [5.41, 5.74) is 0.401. The Morgan fingerprint density at radius 2 is 2.33 bits per heavy atom. The lowest BCUT2D eigenvalue weighted by molar-refractivity contribution is -0.380. The first-order valence-corrected chi connectivity index (χ1v) is 5.97. The Bertz CT molecular complexity index is 540. The van der Waals surface area contributed by atoms with Gasteiger partial charge in [0.25, 0.3) is 5.91 Å². The minimum Gasteiger partial charge on any atom is -0.349 e. The van der Waals surface area contributed by atoms with Crippen molar-refractivity contribution in [1.29, 1.82) is 5.26 Å². The average molecular weight is 265 g/mol. The Balaban J connectivity index is 2.94. The fourth-order valence-electron chi connectivity index (χ4n) is 1.17. The summed E-state index contributed by atoms with van der Waals surface area (Å²) in [6, 6.07) is 3.02. The smallest absolute Gasteiger partial charge is 0.324 e. The number of nitriles is 1. The third-order valence-corrected chi connectivity index (χ3v) is 2.78. The highest BCUT2D eigenvalue weighted by Gasteiger charge is 2.13. The van der Waals surface area contributed by atoms with E-state index < -0.39 is 10.8 Å². The fraction of sp³-hybridized carbons (Fsp3) is 0.273. The lowest BCUT2D eigenvalue weighted by atomic mass is 10.2. The molecule has 18 heavy (non-hydrogen) atoms. The van der Waals surface area contributed by atoms with Crippen LogP contribution in [0.2, 0.25) is 0 Å². The molecule has 0 aromatic carbocycles. The van der Waals surface area contributed by atoms with Crippen molar-refractivity contribution in [3.05, 3.63) is 32.7 Å². The van der Waals surface area contributed by atoms with E-state index in [0.717, 1.165) is 11.3 Å². The van der Waals surface area contributed by atoms with E-state index in [1.807, 2.05) is 0 Å². The lowest BCUT2D eigenvalue weighted by Crippen LogP contribution is -2.30. The second kappa shape index (κ2) is 5.93. The van der Waals surface area contributed by atoms with E-state index in [-0.39, 0.29) is 16.6 Å². The van der Waals surface area contributed by atoms with Gasteiger partial charge in [-0.05, 0) is 25.5 Å². The van der Waals surface area contributed by atoms with Gasteiger partial charge in [-0.3, -0.25) is 14.9 Å². The molecule has 1 aromatic heterocycles. The summed E-state index contributed by atoms with van der Waals surface area (Å²) < 4.78 is 0. The van der Waals surface area contributed by atoms with Crippen molar-refractivity contribution < 1.29 is 9.72 Å². The molecule has 0 bridgehead atoms. The second-order valence-electron chi connectivity index (χ2n) is 3.77. The quantitative estimate of drug-likeness (QED) is 0.390. The van der Waals surface area contributed by atoms with Gasteiger partial charge in [-0.15, -0.1) is 0 Å². The Labute approximate surface area is 108 Å². The summed E-state index contributed by atoms with van der Waals surface area (Å²) in [7, 11) is 0. The molecule has 0 unspecified atom stereocenters. The Morgan fingerprint density at radius 3 is 2.78 bits per heavy atom. The zero-order valence-electron chi connectivity index (χ0n) is 9.84. The maximum atomic E-state index is 11.6. The van der Waals surface area contributed by atoms with Crippen LogP contribution in [0.25, 0.3) is 6.08 Å². The van der Waals surface area contributed by atoms with Gasteiger partial charge in [0.2, 0.25) is 0 Å². The number of nitrogens with one attached hydrogen (secondary N) is 1. The third-order valence-electron chi connectivity index (χ3n) is 1.88. The molecule has 0 saturated heterocycles. The number of nitrogens with zero attached hydrogens (tertiary/aromatic N) is 2. The standard InChI is InChI=1S/C11H11N3O3S/c1-7(2)13-11(15)9(5-12)3-8-4-10(14(16)17)18-6-8/h3-4,6-7H,1-2H3,(H,13,15)/b9-3+. The summed E-state index contributed by atoms with van der Waals surface area (Å²) in [4.78, 5) is 21.6. The van der Waals surface area contributed by atoms with E-state index in [0.29, 0.717) is 5.56 Å². The van der Waals surface area contributed by atoms with Crippen LogP contribution in [0, 0.1) is 21.4 Å². The van der Waals surface area contributed by atoms with E-state index in [1.165, 1.54) is 17.5 Å². The topological polar surface area (TPSA) is 96.0 Å². The summed E-state index contributed by atoms with van der Waals surface area (Å²) in [5.74, 6) is -0.485. The molecular formula is C11H11N3O3S. The first kappa shape index (κ1) is 13.9. The maximum Gasteiger partial charge on any atom is 0.324 e. The molecule has 0 saturated carbocycles. The molecule has 1 amide bonds. The van der Waals surface area contributed by atoms with Crippen LogP contribution < -0.4 is 5.32 Å². The lowest BCUT2D eigenvalue weighted by Gasteiger charge is -2.06. The third kappa shape index (κ3) is 3.68. The summed E-state index contributed by atoms with van der Waals surface area (Å²) in [6.07, 6.45) is 1.33. The number of hydrogen-bond acceptors (Lipinski definition) is 5. The Kier molecular flexibility index (Phi) is 4.57. The monoisotopic (exact) mass is 265 g/mol. The van der Waals surface area contributed by atoms with Crippen molar-refractivity contribution >= 4 is 28.3 Å². The van der Waals surface area contributed by atoms with Gasteiger partial charge in [0.05, 0.1) is 4.92 Å². The average Bonchev–Trinajstić information content (AvgIpc) is 2.73. The van der Waals surface area contributed by atoms with Gasteiger partial charge in [-0.2, -0.15) is 5.26 Å². The summed E-state index contributed by atoms with van der Waals surface area (Å²) in [6.45, 7) is 3.56. The second-order valence-corrected chi connectivity index (χ2v) is 4.66. The number of hydrogen-bond donors (Lipinski definition) is 1. The van der Waals surface area contributed by atoms with Gasteiger partial charge in [0.1, 0.15) is 11.6 Å². The van der Waals surface area contributed by atoms with Crippen molar-refractivity contribution in [1.82, 2.24) is 5.32 Å². The molecule has 0 aliphatic heterocycles. The highest BCUT2D eigenvalue weighted by Crippen LogP contribution is 2.24. The predicted molar refractivity (Wildman–Crippen MR) is 67.8 cm³/mol. The minimum absolute atomic E-state index is 0.0252. The number of amides is 1. The molecule has 0 aliphatic carbocycles. The molecular weight excluding hydrogens is 254 g/mol. The van der Waals surface area contributed by atoms with Crippen molar-refractivity contribution in [3.8, 4) is 6.07 Å². The van der Waals surface area contributed by atoms with Gasteiger partial charge in [0, 0.05) is 17.5 Å². The number of carbonyl (C=O) groups is 1. The van der Waals surface area contributed by atoms with Gasteiger partial charge >= 0.3 is 5.00 Å². The van der Waals surface area contributed by atoms with Crippen LogP contribution in [0.5, 0.6) is 0 Å². The van der Waals surface area contributed by atoms with Crippen LogP contribution in [0.15, 0.2) is 17.0 Å². The number of rotatable bonds is 4. The number of nitro groups is 1. The predicted octanol–water partition coefficient (Wildman–Crippen LogP) is 2.09. The molecule has 1 N–H and O–H groups in total. The van der Waals surface area contributed by atoms with Crippen LogP contribution in [0.4, 0.5) is 5.00 Å². The van der Waals surface area contributed by atoms with Gasteiger partial charge in [-0.1, -0.05) is 11.3 Å². The molecule has 1 aromatic rings. The number of carbonyl (C=O) groups excluding carboxylic acids is 1. The van der Waals surface area contributed by atoms with Crippen molar-refractivity contribution in [2.75, 3.05) is 0 Å². The molecule has 0 fully saturated rings. The van der Waals surface area contributed by atoms with Crippen LogP contribution in [-0.4, -0.2) is 16.9 Å². The van der Waals surface area contributed by atoms with Crippen molar-refractivity contribution in [2.45, 2.75) is 19.9 Å². The summed E-state index contributed by atoms with van der Waals surface area (Å²) >= 11 is 0.951. The molecule has 0 spiro atoms. The van der Waals surface area contributed by atoms with Gasteiger partial charge in [-0.25, -0.2) is 0 Å². The SMILES string of the molecule is CC(C)NC(=O)/C(C#N)=C/c1csc([N+](=O)[O-])c1. The van der Waals surface area contributed by atoms with Crippen LogP contribution >= 0.6 is 11.3 Å². The van der Waals surface area contributed by atoms with Gasteiger partial charge in [0.15, 0.2) is 0 Å². The molecule has 94 valence electrons. The molecule has 7 heteroatoms. The molecule has 0 aliphatic rings. The first-order valence-electron chi connectivity index (χ1n) is 5.09. The zero-order valence-corrected chi connectivity index (χ0v) is 10.7. The fourth-order valence-corrected chi connectivity index (χ4v) is 1.85. The Hall–Kier alpha value is -2.20. The summed E-state index contributed by atoms with van der Waals surface area (Å²) in [5, 5.41) is 23.5. The molecule has 1 rings (SSSR count). The van der Waals surface area contributed by atoms with E-state index in [4.69, 9.17) is 5.26 Å². The minimum atomic E-state index is -0.512. The van der Waals surface area contributed by atoms with Crippen LogP contribution in [0.3, 0.4) is 0 Å². The normalized spacial score (nSPS) is 11.1. The maximum absolute atomic E-state index is 11.6. The number of thiophene rings is 1. The highest BCUT2D eigenvalue weighted by molar-refractivity contribution is 7.13. The van der Waals surface area contributed by atoms with Crippen LogP contribution in [0.1, 0.15) is 19.4 Å². The molecule has 6 nitrogen and oxygen atoms in total. The van der Waals surface area contributed by atoms with Crippen molar-refractivity contribution in [3.63, 3.8) is 0 Å². The highest BCUT2D eigenvalue weighted by atomic mass is 32.1. The van der Waals surface area contributed by atoms with Crippen LogP contribution in [-0.2, 0) is 4.79 Å². The van der Waals surface area contributed by atoms with E-state index in [9.17, 15) is 14.9 Å². The van der Waals surface area contributed by atoms with Crippen molar-refractivity contribution in [2.24, 2.45) is 0 Å². The van der Waals surface area contributed by atoms with Gasteiger partial charge < -0.3 is 5.32 Å². The van der Waals surface area contributed by atoms with E-state index >= 15 is 0 Å². The molecule has 1 heterocycles.